The number of carbonyl (C=O) groups is 1. The highest BCUT2D eigenvalue weighted by molar-refractivity contribution is 5.70. The minimum atomic E-state index is -0.597. The topological polar surface area (TPSA) is 40.5 Å². The smallest absolute Gasteiger partial charge is 0.306 e. The lowest BCUT2D eigenvalue weighted by molar-refractivity contribution is -0.143. The monoisotopic (exact) mass is 197 g/mol. The van der Waals surface area contributed by atoms with E-state index in [1.807, 2.05) is 0 Å². The van der Waals surface area contributed by atoms with Crippen LogP contribution in [0.25, 0.3) is 0 Å². The maximum Gasteiger partial charge on any atom is 0.306 e. The van der Waals surface area contributed by atoms with E-state index in [2.05, 4.69) is 11.8 Å². The summed E-state index contributed by atoms with van der Waals surface area (Å²) in [5.74, 6) is -0.664. The second-order valence-electron chi connectivity index (χ2n) is 4.72. The van der Waals surface area contributed by atoms with E-state index in [0.717, 1.165) is 31.7 Å². The molecule has 0 aromatic rings. The van der Waals surface area contributed by atoms with E-state index in [1.165, 1.54) is 13.0 Å². The summed E-state index contributed by atoms with van der Waals surface area (Å²) in [4.78, 5) is 13.3. The van der Waals surface area contributed by atoms with E-state index in [-0.39, 0.29) is 5.92 Å². The van der Waals surface area contributed by atoms with Gasteiger partial charge in [-0.05, 0) is 39.0 Å². The third-order valence-electron chi connectivity index (χ3n) is 3.89. The predicted octanol–water partition coefficient (Wildman–Crippen LogP) is 1.72. The number of aliphatic carboxylic acids is 1. The first-order valence-corrected chi connectivity index (χ1v) is 5.67. The normalized spacial score (nSPS) is 39.1. The van der Waals surface area contributed by atoms with Crippen molar-refractivity contribution in [2.45, 2.75) is 51.1 Å². The minimum Gasteiger partial charge on any atom is -0.481 e. The van der Waals surface area contributed by atoms with Gasteiger partial charge in [0.25, 0.3) is 0 Å². The average Bonchev–Trinajstić information content (AvgIpc) is 2.16. The molecule has 1 aliphatic carbocycles. The summed E-state index contributed by atoms with van der Waals surface area (Å²) in [5, 5.41) is 8.87. The zero-order valence-electron chi connectivity index (χ0n) is 8.78. The van der Waals surface area contributed by atoms with Crippen molar-refractivity contribution in [3.63, 3.8) is 0 Å². The number of nitrogens with zero attached hydrogens (tertiary/aromatic N) is 1. The molecule has 2 aliphatic rings. The Balaban J connectivity index is 1.81. The molecule has 1 heterocycles. The fourth-order valence-electron chi connectivity index (χ4n) is 2.73. The van der Waals surface area contributed by atoms with Gasteiger partial charge < -0.3 is 5.11 Å². The Morgan fingerprint density at radius 1 is 1.21 bits per heavy atom. The van der Waals surface area contributed by atoms with Crippen LogP contribution in [0, 0.1) is 5.92 Å². The lowest BCUT2D eigenvalue weighted by Crippen LogP contribution is -2.52. The number of hydrogen-bond acceptors (Lipinski definition) is 2. The molecule has 0 radical (unpaired) electrons. The molecule has 1 atom stereocenters. The summed E-state index contributed by atoms with van der Waals surface area (Å²) in [6.07, 6.45) is 5.24. The molecule has 1 saturated carbocycles. The van der Waals surface area contributed by atoms with E-state index in [1.54, 1.807) is 0 Å². The van der Waals surface area contributed by atoms with Gasteiger partial charge in [-0.1, -0.05) is 0 Å². The van der Waals surface area contributed by atoms with E-state index >= 15 is 0 Å². The second-order valence-corrected chi connectivity index (χ2v) is 4.72. The summed E-state index contributed by atoms with van der Waals surface area (Å²) in [5.41, 5.74) is 0. The molecule has 80 valence electrons. The first-order chi connectivity index (χ1) is 6.68. The van der Waals surface area contributed by atoms with Gasteiger partial charge in [0.2, 0.25) is 0 Å². The standard InChI is InChI=1S/C11H19NO2/c1-8-6-7-12(8)10-4-2-9(3-5-10)11(13)14/h8-10H,2-7H2,1H3,(H,13,14). The maximum absolute atomic E-state index is 10.8. The minimum absolute atomic E-state index is 0.0668. The molecule has 0 aromatic heterocycles. The number of likely N-dealkylation sites (tertiary alicyclic amines) is 1. The van der Waals surface area contributed by atoms with Crippen molar-refractivity contribution in [1.29, 1.82) is 0 Å². The highest BCUT2D eigenvalue weighted by atomic mass is 16.4. The molecule has 1 N–H and O–H groups in total. The third-order valence-corrected chi connectivity index (χ3v) is 3.89. The fourth-order valence-corrected chi connectivity index (χ4v) is 2.73. The largest absolute Gasteiger partial charge is 0.481 e. The van der Waals surface area contributed by atoms with Crippen LogP contribution < -0.4 is 0 Å². The summed E-state index contributed by atoms with van der Waals surface area (Å²) < 4.78 is 0. The summed E-state index contributed by atoms with van der Waals surface area (Å²) in [6.45, 7) is 3.50. The van der Waals surface area contributed by atoms with Crippen molar-refractivity contribution in [3.8, 4) is 0 Å². The molecule has 14 heavy (non-hydrogen) atoms. The van der Waals surface area contributed by atoms with Gasteiger partial charge in [0.1, 0.15) is 0 Å². The Labute approximate surface area is 85.1 Å². The summed E-state index contributed by atoms with van der Waals surface area (Å²) >= 11 is 0. The van der Waals surface area contributed by atoms with Crippen LogP contribution in [0.2, 0.25) is 0 Å². The van der Waals surface area contributed by atoms with Gasteiger partial charge in [0.05, 0.1) is 5.92 Å². The molecule has 2 fully saturated rings. The molecule has 1 aliphatic heterocycles. The molecular formula is C11H19NO2. The van der Waals surface area contributed by atoms with E-state index in [9.17, 15) is 4.79 Å². The average molecular weight is 197 g/mol. The van der Waals surface area contributed by atoms with Crippen molar-refractivity contribution in [2.24, 2.45) is 5.92 Å². The molecule has 2 rings (SSSR count). The van der Waals surface area contributed by atoms with E-state index in [4.69, 9.17) is 5.11 Å². The van der Waals surface area contributed by atoms with Crippen LogP contribution in [-0.4, -0.2) is 34.6 Å². The molecular weight excluding hydrogens is 178 g/mol. The molecule has 0 spiro atoms. The van der Waals surface area contributed by atoms with Crippen LogP contribution in [0.5, 0.6) is 0 Å². The van der Waals surface area contributed by atoms with Gasteiger partial charge in [-0.25, -0.2) is 0 Å². The van der Waals surface area contributed by atoms with Crippen molar-refractivity contribution in [2.75, 3.05) is 6.54 Å². The molecule has 1 saturated heterocycles. The Kier molecular flexibility index (Phi) is 2.77. The first kappa shape index (κ1) is 9.97. The van der Waals surface area contributed by atoms with Crippen LogP contribution in [0.1, 0.15) is 39.0 Å². The Hall–Kier alpha value is -0.570. The molecule has 0 bridgehead atoms. The Morgan fingerprint density at radius 3 is 2.21 bits per heavy atom. The molecule has 0 aromatic carbocycles. The number of hydrogen-bond donors (Lipinski definition) is 1. The lowest BCUT2D eigenvalue weighted by Gasteiger charge is -2.46. The summed E-state index contributed by atoms with van der Waals surface area (Å²) in [6, 6.07) is 1.41. The zero-order chi connectivity index (χ0) is 10.1. The number of carboxylic acid groups (broad SMARTS) is 1. The number of carboxylic acids is 1. The van der Waals surface area contributed by atoms with Gasteiger partial charge in [-0.15, -0.1) is 0 Å². The SMILES string of the molecule is CC1CCN1C1CCC(C(=O)O)CC1. The number of rotatable bonds is 2. The van der Waals surface area contributed by atoms with Crippen LogP contribution >= 0.6 is 0 Å². The molecule has 1 unspecified atom stereocenters. The van der Waals surface area contributed by atoms with Crippen molar-refractivity contribution < 1.29 is 9.90 Å². The second kappa shape index (κ2) is 3.89. The van der Waals surface area contributed by atoms with Crippen LogP contribution in [0.4, 0.5) is 0 Å². The highest BCUT2D eigenvalue weighted by Gasteiger charge is 2.34. The van der Waals surface area contributed by atoms with E-state index in [0.29, 0.717) is 6.04 Å². The van der Waals surface area contributed by atoms with Crippen molar-refractivity contribution in [1.82, 2.24) is 4.90 Å². The summed E-state index contributed by atoms with van der Waals surface area (Å²) in [7, 11) is 0. The Morgan fingerprint density at radius 2 is 1.86 bits per heavy atom. The van der Waals surface area contributed by atoms with Gasteiger partial charge in [-0.2, -0.15) is 0 Å². The predicted molar refractivity (Wildman–Crippen MR) is 54.2 cm³/mol. The molecule has 3 heteroatoms. The quantitative estimate of drug-likeness (QED) is 0.732. The van der Waals surface area contributed by atoms with Crippen molar-refractivity contribution >= 4 is 5.97 Å². The van der Waals surface area contributed by atoms with Gasteiger partial charge in [0, 0.05) is 18.6 Å². The van der Waals surface area contributed by atoms with Crippen LogP contribution in [-0.2, 0) is 4.79 Å². The van der Waals surface area contributed by atoms with Crippen LogP contribution in [0.3, 0.4) is 0 Å². The molecule has 0 amide bonds. The van der Waals surface area contributed by atoms with E-state index < -0.39 is 5.97 Å². The maximum atomic E-state index is 10.8. The molecule has 3 nitrogen and oxygen atoms in total. The van der Waals surface area contributed by atoms with Gasteiger partial charge >= 0.3 is 5.97 Å². The Bertz CT molecular complexity index is 221. The fraction of sp³-hybridized carbons (Fsp3) is 0.909. The van der Waals surface area contributed by atoms with Gasteiger partial charge in [0.15, 0.2) is 0 Å². The van der Waals surface area contributed by atoms with Crippen LogP contribution in [0.15, 0.2) is 0 Å². The zero-order valence-corrected chi connectivity index (χ0v) is 8.78. The first-order valence-electron chi connectivity index (χ1n) is 5.67. The lowest BCUT2D eigenvalue weighted by atomic mass is 9.83. The third kappa shape index (κ3) is 1.78. The highest BCUT2D eigenvalue weighted by Crippen LogP contribution is 2.32. The van der Waals surface area contributed by atoms with Crippen molar-refractivity contribution in [3.05, 3.63) is 0 Å². The van der Waals surface area contributed by atoms with Gasteiger partial charge in [-0.3, -0.25) is 9.69 Å².